The third kappa shape index (κ3) is 1.37. The van der Waals surface area contributed by atoms with Gasteiger partial charge in [0, 0.05) is 11.5 Å². The summed E-state index contributed by atoms with van der Waals surface area (Å²) in [6.45, 7) is 3.52. The predicted molar refractivity (Wildman–Crippen MR) is 50.3 cm³/mol. The smallest absolute Gasteiger partial charge is 0.265 e. The molecular formula is C7H8N4OS. The van der Waals surface area contributed by atoms with E-state index in [1.807, 2.05) is 6.92 Å². The number of thioether (sulfide) groups is 1. The SMILES string of the molecule is CC1=Nn2c(nnc(C)c2=O)SC1. The highest BCUT2D eigenvalue weighted by Crippen LogP contribution is 2.16. The van der Waals surface area contributed by atoms with E-state index in [4.69, 9.17) is 0 Å². The van der Waals surface area contributed by atoms with Crippen LogP contribution in [0.1, 0.15) is 12.6 Å². The van der Waals surface area contributed by atoms with E-state index >= 15 is 0 Å². The fourth-order valence-corrected chi connectivity index (χ4v) is 1.73. The normalized spacial score (nSPS) is 15.1. The van der Waals surface area contributed by atoms with Crippen molar-refractivity contribution in [2.75, 3.05) is 5.75 Å². The zero-order chi connectivity index (χ0) is 9.42. The lowest BCUT2D eigenvalue weighted by molar-refractivity contribution is 0.627. The van der Waals surface area contributed by atoms with Crippen LogP contribution in [0.4, 0.5) is 0 Å². The van der Waals surface area contributed by atoms with Gasteiger partial charge in [0.25, 0.3) is 5.56 Å². The van der Waals surface area contributed by atoms with Gasteiger partial charge in [-0.3, -0.25) is 4.79 Å². The van der Waals surface area contributed by atoms with Crippen molar-refractivity contribution in [1.29, 1.82) is 0 Å². The zero-order valence-electron chi connectivity index (χ0n) is 7.31. The van der Waals surface area contributed by atoms with Gasteiger partial charge in [-0.05, 0) is 13.8 Å². The first-order valence-electron chi connectivity index (χ1n) is 3.82. The molecule has 2 heterocycles. The van der Waals surface area contributed by atoms with Crippen LogP contribution in [0.2, 0.25) is 0 Å². The zero-order valence-corrected chi connectivity index (χ0v) is 8.13. The minimum Gasteiger partial charge on any atom is -0.265 e. The molecule has 6 heteroatoms. The number of hydrogen-bond acceptors (Lipinski definition) is 5. The van der Waals surface area contributed by atoms with Crippen molar-refractivity contribution < 1.29 is 0 Å². The van der Waals surface area contributed by atoms with Crippen LogP contribution >= 0.6 is 11.8 Å². The molecule has 0 amide bonds. The summed E-state index contributed by atoms with van der Waals surface area (Å²) in [5.41, 5.74) is 1.12. The Kier molecular flexibility index (Phi) is 1.91. The molecule has 0 aliphatic carbocycles. The molecule has 1 aliphatic heterocycles. The first kappa shape index (κ1) is 8.43. The van der Waals surface area contributed by atoms with E-state index < -0.39 is 0 Å². The Labute approximate surface area is 78.9 Å². The Morgan fingerprint density at radius 1 is 1.38 bits per heavy atom. The maximum atomic E-state index is 11.5. The number of fused-ring (bicyclic) bond motifs is 1. The highest BCUT2D eigenvalue weighted by atomic mass is 32.2. The van der Waals surface area contributed by atoms with Crippen molar-refractivity contribution in [3.63, 3.8) is 0 Å². The van der Waals surface area contributed by atoms with Crippen LogP contribution in [0, 0.1) is 6.92 Å². The van der Waals surface area contributed by atoms with Crippen LogP contribution in [0.25, 0.3) is 0 Å². The van der Waals surface area contributed by atoms with Gasteiger partial charge >= 0.3 is 0 Å². The van der Waals surface area contributed by atoms with Gasteiger partial charge < -0.3 is 0 Å². The Morgan fingerprint density at radius 3 is 2.92 bits per heavy atom. The van der Waals surface area contributed by atoms with Gasteiger partial charge in [0.15, 0.2) is 0 Å². The Bertz CT molecular complexity index is 437. The minimum absolute atomic E-state index is 0.184. The largest absolute Gasteiger partial charge is 0.296 e. The van der Waals surface area contributed by atoms with Gasteiger partial charge in [-0.1, -0.05) is 11.8 Å². The summed E-state index contributed by atoms with van der Waals surface area (Å²) in [6.07, 6.45) is 0. The quantitative estimate of drug-likeness (QED) is 0.598. The summed E-state index contributed by atoms with van der Waals surface area (Å²) in [6, 6.07) is 0. The molecule has 68 valence electrons. The Hall–Kier alpha value is -1.17. The fraction of sp³-hybridized carbons (Fsp3) is 0.429. The van der Waals surface area contributed by atoms with Crippen molar-refractivity contribution in [3.05, 3.63) is 16.0 Å². The monoisotopic (exact) mass is 196 g/mol. The van der Waals surface area contributed by atoms with Gasteiger partial charge in [0.2, 0.25) is 5.16 Å². The number of nitrogens with zero attached hydrogens (tertiary/aromatic N) is 4. The van der Waals surface area contributed by atoms with Crippen LogP contribution in [0.5, 0.6) is 0 Å². The second-order valence-corrected chi connectivity index (χ2v) is 3.75. The molecule has 0 unspecified atom stereocenters. The molecule has 0 radical (unpaired) electrons. The molecule has 0 atom stereocenters. The molecule has 0 saturated heterocycles. The van der Waals surface area contributed by atoms with Crippen molar-refractivity contribution in [2.24, 2.45) is 5.10 Å². The van der Waals surface area contributed by atoms with E-state index in [0.717, 1.165) is 11.5 Å². The summed E-state index contributed by atoms with van der Waals surface area (Å²) >= 11 is 1.48. The van der Waals surface area contributed by atoms with Crippen molar-refractivity contribution in [1.82, 2.24) is 14.9 Å². The molecule has 0 N–H and O–H groups in total. The van der Waals surface area contributed by atoms with Crippen molar-refractivity contribution in [3.8, 4) is 0 Å². The maximum Gasteiger partial charge on any atom is 0.296 e. The molecule has 0 fully saturated rings. The number of aromatic nitrogens is 3. The Balaban J connectivity index is 2.70. The second-order valence-electron chi connectivity index (χ2n) is 2.81. The van der Waals surface area contributed by atoms with Gasteiger partial charge in [0.1, 0.15) is 5.69 Å². The van der Waals surface area contributed by atoms with Crippen LogP contribution in [0.3, 0.4) is 0 Å². The van der Waals surface area contributed by atoms with E-state index in [1.54, 1.807) is 6.92 Å². The predicted octanol–water partition coefficient (Wildman–Crippen LogP) is 0.276. The molecule has 5 nitrogen and oxygen atoms in total. The molecule has 2 rings (SSSR count). The average Bonchev–Trinajstić information content (AvgIpc) is 2.12. The molecule has 1 aliphatic rings. The van der Waals surface area contributed by atoms with Crippen molar-refractivity contribution in [2.45, 2.75) is 19.0 Å². The van der Waals surface area contributed by atoms with E-state index in [0.29, 0.717) is 10.9 Å². The summed E-state index contributed by atoms with van der Waals surface area (Å²) in [5, 5.41) is 12.3. The number of hydrogen-bond donors (Lipinski definition) is 0. The molecule has 0 spiro atoms. The van der Waals surface area contributed by atoms with Gasteiger partial charge in [0.05, 0.1) is 0 Å². The maximum absolute atomic E-state index is 11.5. The third-order valence-corrected chi connectivity index (χ3v) is 2.72. The van der Waals surface area contributed by atoms with Gasteiger partial charge in [-0.15, -0.1) is 10.2 Å². The van der Waals surface area contributed by atoms with Crippen molar-refractivity contribution >= 4 is 17.5 Å². The standard InChI is InChI=1S/C7H8N4OS/c1-4-3-13-7-9-8-5(2)6(12)11(7)10-4/h3H2,1-2H3. The fourth-order valence-electron chi connectivity index (χ4n) is 0.990. The minimum atomic E-state index is -0.184. The second kappa shape index (κ2) is 2.95. The lowest BCUT2D eigenvalue weighted by atomic mass is 10.5. The lowest BCUT2D eigenvalue weighted by Crippen LogP contribution is -2.27. The summed E-state index contributed by atoms with van der Waals surface area (Å²) in [7, 11) is 0. The number of aryl methyl sites for hydroxylation is 1. The highest BCUT2D eigenvalue weighted by Gasteiger charge is 2.14. The average molecular weight is 196 g/mol. The molecule has 0 aromatic carbocycles. The first-order valence-corrected chi connectivity index (χ1v) is 4.80. The summed E-state index contributed by atoms with van der Waals surface area (Å²) in [5.74, 6) is 0.775. The molecule has 13 heavy (non-hydrogen) atoms. The van der Waals surface area contributed by atoms with Crippen LogP contribution in [-0.4, -0.2) is 26.3 Å². The molecular weight excluding hydrogens is 188 g/mol. The topological polar surface area (TPSA) is 60.1 Å². The van der Waals surface area contributed by atoms with E-state index in [9.17, 15) is 4.79 Å². The van der Waals surface area contributed by atoms with E-state index in [2.05, 4.69) is 15.3 Å². The summed E-state index contributed by atoms with van der Waals surface area (Å²) in [4.78, 5) is 11.5. The van der Waals surface area contributed by atoms with Crippen LogP contribution < -0.4 is 5.56 Å². The molecule has 1 aromatic heterocycles. The number of rotatable bonds is 0. The highest BCUT2D eigenvalue weighted by molar-refractivity contribution is 7.99. The molecule has 1 aromatic rings. The van der Waals surface area contributed by atoms with E-state index in [1.165, 1.54) is 16.4 Å². The first-order chi connectivity index (χ1) is 6.18. The third-order valence-electron chi connectivity index (χ3n) is 1.65. The van der Waals surface area contributed by atoms with Gasteiger partial charge in [-0.2, -0.15) is 9.78 Å². The van der Waals surface area contributed by atoms with E-state index in [-0.39, 0.29) is 5.56 Å². The van der Waals surface area contributed by atoms with Gasteiger partial charge in [-0.25, -0.2) is 0 Å². The van der Waals surface area contributed by atoms with Crippen LogP contribution in [-0.2, 0) is 0 Å². The lowest BCUT2D eigenvalue weighted by Gasteiger charge is -2.11. The molecule has 0 saturated carbocycles. The van der Waals surface area contributed by atoms with Crippen LogP contribution in [0.15, 0.2) is 15.1 Å². The molecule has 0 bridgehead atoms. The Morgan fingerprint density at radius 2 is 2.15 bits per heavy atom. The summed E-state index contributed by atoms with van der Waals surface area (Å²) < 4.78 is 1.31.